The van der Waals surface area contributed by atoms with Gasteiger partial charge in [-0.3, -0.25) is 0 Å². The van der Waals surface area contributed by atoms with Crippen LogP contribution in [0.1, 0.15) is 21.5 Å². The van der Waals surface area contributed by atoms with E-state index in [-0.39, 0.29) is 10.5 Å². The van der Waals surface area contributed by atoms with Gasteiger partial charge in [0.1, 0.15) is 0 Å². The van der Waals surface area contributed by atoms with Crippen molar-refractivity contribution in [3.63, 3.8) is 0 Å². The summed E-state index contributed by atoms with van der Waals surface area (Å²) in [6.45, 7) is 2.00. The highest BCUT2D eigenvalue weighted by Crippen LogP contribution is 2.30. The summed E-state index contributed by atoms with van der Waals surface area (Å²) in [5, 5.41) is 9.05. The topological polar surface area (TPSA) is 83.5 Å². The standard InChI is InChI=1S/C16H17NO4S2/c1-11-3-5-12(6-4-11)10-22-14-8-7-13(16(18)19)9-15(14)23(20,21)17-2/h3-9,17H,10H2,1-2H3,(H,18,19). The molecule has 0 aliphatic carbocycles. The number of carboxylic acids is 1. The number of nitrogens with one attached hydrogen (secondary N) is 1. The van der Waals surface area contributed by atoms with Crippen LogP contribution in [-0.4, -0.2) is 26.5 Å². The molecule has 5 nitrogen and oxygen atoms in total. The van der Waals surface area contributed by atoms with E-state index in [1.165, 1.54) is 37.0 Å². The van der Waals surface area contributed by atoms with Crippen LogP contribution in [0.25, 0.3) is 0 Å². The minimum Gasteiger partial charge on any atom is -0.478 e. The summed E-state index contributed by atoms with van der Waals surface area (Å²) < 4.78 is 26.5. The fraction of sp³-hybridized carbons (Fsp3) is 0.188. The molecule has 0 unspecified atom stereocenters. The molecule has 0 heterocycles. The maximum absolute atomic E-state index is 12.1. The Bertz CT molecular complexity index is 814. The Kier molecular flexibility index (Phi) is 5.46. The Morgan fingerprint density at radius 3 is 2.39 bits per heavy atom. The van der Waals surface area contributed by atoms with Crippen molar-refractivity contribution in [2.24, 2.45) is 0 Å². The molecule has 0 atom stereocenters. The first kappa shape index (κ1) is 17.5. The number of aryl methyl sites for hydroxylation is 1. The lowest BCUT2D eigenvalue weighted by Crippen LogP contribution is -2.20. The van der Waals surface area contributed by atoms with E-state index in [2.05, 4.69) is 4.72 Å². The summed E-state index contributed by atoms with van der Waals surface area (Å²) in [6, 6.07) is 12.1. The van der Waals surface area contributed by atoms with E-state index < -0.39 is 16.0 Å². The number of aromatic carboxylic acids is 1. The molecule has 2 aromatic rings. The van der Waals surface area contributed by atoms with Crippen molar-refractivity contribution < 1.29 is 18.3 Å². The second-order valence-corrected chi connectivity index (χ2v) is 7.82. The smallest absolute Gasteiger partial charge is 0.335 e. The summed E-state index contributed by atoms with van der Waals surface area (Å²) >= 11 is 1.36. The summed E-state index contributed by atoms with van der Waals surface area (Å²) in [7, 11) is -2.43. The molecule has 0 saturated carbocycles. The first-order chi connectivity index (χ1) is 10.8. The zero-order valence-electron chi connectivity index (χ0n) is 12.7. The fourth-order valence-electron chi connectivity index (χ4n) is 1.93. The van der Waals surface area contributed by atoms with Crippen molar-refractivity contribution in [1.29, 1.82) is 0 Å². The Morgan fingerprint density at radius 1 is 1.17 bits per heavy atom. The largest absolute Gasteiger partial charge is 0.478 e. The molecule has 0 spiro atoms. The third-order valence-corrected chi connectivity index (χ3v) is 5.99. The van der Waals surface area contributed by atoms with Crippen LogP contribution >= 0.6 is 11.8 Å². The van der Waals surface area contributed by atoms with Gasteiger partial charge in [0, 0.05) is 10.6 Å². The highest BCUT2D eigenvalue weighted by molar-refractivity contribution is 7.99. The van der Waals surface area contributed by atoms with Crippen molar-refractivity contribution in [3.05, 3.63) is 59.2 Å². The van der Waals surface area contributed by atoms with Gasteiger partial charge in [-0.05, 0) is 37.7 Å². The average Bonchev–Trinajstić information content (AvgIpc) is 2.54. The number of carboxylic acid groups (broad SMARTS) is 1. The lowest BCUT2D eigenvalue weighted by Gasteiger charge is -2.10. The van der Waals surface area contributed by atoms with Crippen LogP contribution in [0.5, 0.6) is 0 Å². The first-order valence-corrected chi connectivity index (χ1v) is 9.29. The van der Waals surface area contributed by atoms with Gasteiger partial charge in [-0.1, -0.05) is 29.8 Å². The number of carbonyl (C=O) groups is 1. The van der Waals surface area contributed by atoms with E-state index in [0.717, 1.165) is 11.1 Å². The number of benzene rings is 2. The monoisotopic (exact) mass is 351 g/mol. The molecule has 0 radical (unpaired) electrons. The SMILES string of the molecule is CNS(=O)(=O)c1cc(C(=O)O)ccc1SCc1ccc(C)cc1. The van der Waals surface area contributed by atoms with Crippen molar-refractivity contribution >= 4 is 27.8 Å². The Balaban J connectivity index is 2.33. The highest BCUT2D eigenvalue weighted by atomic mass is 32.2. The molecule has 0 saturated heterocycles. The van der Waals surface area contributed by atoms with E-state index in [0.29, 0.717) is 10.6 Å². The normalized spacial score (nSPS) is 11.4. The van der Waals surface area contributed by atoms with Gasteiger partial charge < -0.3 is 5.11 Å². The minimum absolute atomic E-state index is 0.0167. The maximum atomic E-state index is 12.1. The summed E-state index contributed by atoms with van der Waals surface area (Å²) in [5.41, 5.74) is 2.16. The number of rotatable bonds is 6. The van der Waals surface area contributed by atoms with E-state index >= 15 is 0 Å². The van der Waals surface area contributed by atoms with Crippen molar-refractivity contribution in [2.45, 2.75) is 22.5 Å². The van der Waals surface area contributed by atoms with Crippen LogP contribution in [0.2, 0.25) is 0 Å². The van der Waals surface area contributed by atoms with Crippen molar-refractivity contribution in [1.82, 2.24) is 4.72 Å². The predicted octanol–water partition coefficient (Wildman–Crippen LogP) is 2.89. The molecule has 0 fully saturated rings. The van der Waals surface area contributed by atoms with Crippen LogP contribution in [0.15, 0.2) is 52.3 Å². The molecule has 0 aliphatic heterocycles. The molecule has 122 valence electrons. The zero-order valence-corrected chi connectivity index (χ0v) is 14.4. The van der Waals surface area contributed by atoms with Crippen LogP contribution < -0.4 is 4.72 Å². The quantitative estimate of drug-likeness (QED) is 0.782. The molecule has 0 aromatic heterocycles. The molecule has 0 amide bonds. The molecule has 2 rings (SSSR count). The minimum atomic E-state index is -3.73. The third kappa shape index (κ3) is 4.34. The van der Waals surface area contributed by atoms with Gasteiger partial charge in [0.2, 0.25) is 10.0 Å². The molecule has 2 aromatic carbocycles. The molecule has 23 heavy (non-hydrogen) atoms. The van der Waals surface area contributed by atoms with Crippen LogP contribution in [0.3, 0.4) is 0 Å². The summed E-state index contributed by atoms with van der Waals surface area (Å²) in [6.07, 6.45) is 0. The fourth-order valence-corrected chi connectivity index (χ4v) is 4.15. The van der Waals surface area contributed by atoms with Gasteiger partial charge >= 0.3 is 5.97 Å². The number of hydrogen-bond donors (Lipinski definition) is 2. The molecule has 7 heteroatoms. The van der Waals surface area contributed by atoms with E-state index in [1.54, 1.807) is 0 Å². The van der Waals surface area contributed by atoms with Gasteiger partial charge in [-0.25, -0.2) is 17.9 Å². The van der Waals surface area contributed by atoms with E-state index in [4.69, 9.17) is 5.11 Å². The lowest BCUT2D eigenvalue weighted by atomic mass is 10.2. The van der Waals surface area contributed by atoms with Gasteiger partial charge in [0.25, 0.3) is 0 Å². The average molecular weight is 351 g/mol. The highest BCUT2D eigenvalue weighted by Gasteiger charge is 2.19. The molecule has 2 N–H and O–H groups in total. The number of hydrogen-bond acceptors (Lipinski definition) is 4. The van der Waals surface area contributed by atoms with Crippen LogP contribution in [-0.2, 0) is 15.8 Å². The predicted molar refractivity (Wildman–Crippen MR) is 90.4 cm³/mol. The van der Waals surface area contributed by atoms with Crippen molar-refractivity contribution in [2.75, 3.05) is 7.05 Å². The van der Waals surface area contributed by atoms with Crippen LogP contribution in [0, 0.1) is 6.92 Å². The Hall–Kier alpha value is -1.83. The third-order valence-electron chi connectivity index (χ3n) is 3.26. The summed E-state index contributed by atoms with van der Waals surface area (Å²) in [4.78, 5) is 11.6. The van der Waals surface area contributed by atoms with E-state index in [1.807, 2.05) is 31.2 Å². The second kappa shape index (κ2) is 7.16. The number of thioether (sulfide) groups is 1. The van der Waals surface area contributed by atoms with Gasteiger partial charge in [0.15, 0.2) is 0 Å². The first-order valence-electron chi connectivity index (χ1n) is 6.83. The molecule has 0 bridgehead atoms. The van der Waals surface area contributed by atoms with Crippen LogP contribution in [0.4, 0.5) is 0 Å². The van der Waals surface area contributed by atoms with Gasteiger partial charge in [-0.2, -0.15) is 0 Å². The number of sulfonamides is 1. The van der Waals surface area contributed by atoms with Gasteiger partial charge in [0.05, 0.1) is 10.5 Å². The van der Waals surface area contributed by atoms with Gasteiger partial charge in [-0.15, -0.1) is 11.8 Å². The molecular formula is C16H17NO4S2. The van der Waals surface area contributed by atoms with Crippen molar-refractivity contribution in [3.8, 4) is 0 Å². The molecular weight excluding hydrogens is 334 g/mol. The maximum Gasteiger partial charge on any atom is 0.335 e. The van der Waals surface area contributed by atoms with E-state index in [9.17, 15) is 13.2 Å². The molecule has 0 aliphatic rings. The zero-order chi connectivity index (χ0) is 17.0. The Morgan fingerprint density at radius 2 is 1.83 bits per heavy atom. The second-order valence-electron chi connectivity index (χ2n) is 4.95. The lowest BCUT2D eigenvalue weighted by molar-refractivity contribution is 0.0696. The summed E-state index contributed by atoms with van der Waals surface area (Å²) in [5.74, 6) is -0.563. The Labute approximate surface area is 139 Å².